The summed E-state index contributed by atoms with van der Waals surface area (Å²) in [4.78, 5) is 12.6. The number of benzene rings is 2. The number of aryl methyl sites for hydroxylation is 1. The van der Waals surface area contributed by atoms with E-state index in [0.717, 1.165) is 22.4 Å². The van der Waals surface area contributed by atoms with E-state index in [2.05, 4.69) is 24.3 Å². The molecule has 6 nitrogen and oxygen atoms in total. The number of amides is 1. The number of carbonyl (C=O) groups excluding carboxylic acids is 1. The Hall–Kier alpha value is -2.93. The number of aromatic nitrogens is 2. The van der Waals surface area contributed by atoms with Crippen LogP contribution in [0, 0.1) is 6.92 Å². The maximum Gasteiger partial charge on any atom is 0.292 e. The Morgan fingerprint density at radius 3 is 2.63 bits per heavy atom. The van der Waals surface area contributed by atoms with Gasteiger partial charge in [-0.25, -0.2) is 0 Å². The Morgan fingerprint density at radius 2 is 1.89 bits per heavy atom. The molecule has 0 radical (unpaired) electrons. The van der Waals surface area contributed by atoms with Crippen molar-refractivity contribution in [2.45, 2.75) is 39.8 Å². The predicted molar refractivity (Wildman–Crippen MR) is 139 cm³/mol. The highest BCUT2D eigenvalue weighted by atomic mass is 35.5. The van der Waals surface area contributed by atoms with E-state index in [1.165, 1.54) is 0 Å². The predicted octanol–water partition coefficient (Wildman–Crippen LogP) is 7.75. The fraction of sp³-hybridized carbons (Fsp3) is 0.231. The number of anilines is 1. The first-order valence-electron chi connectivity index (χ1n) is 11.0. The second-order valence-electron chi connectivity index (χ2n) is 8.44. The van der Waals surface area contributed by atoms with Crippen LogP contribution in [-0.2, 0) is 13.2 Å². The minimum atomic E-state index is -0.406. The third kappa shape index (κ3) is 6.20. The fourth-order valence-corrected chi connectivity index (χ4v) is 4.13. The van der Waals surface area contributed by atoms with E-state index in [-0.39, 0.29) is 18.3 Å². The van der Waals surface area contributed by atoms with Crippen molar-refractivity contribution in [2.24, 2.45) is 0 Å². The van der Waals surface area contributed by atoms with Crippen LogP contribution in [-0.4, -0.2) is 15.7 Å². The maximum atomic E-state index is 12.6. The van der Waals surface area contributed by atoms with E-state index in [1.54, 1.807) is 41.2 Å². The number of furan rings is 1. The lowest BCUT2D eigenvalue weighted by atomic mass is 10.0. The first-order valence-corrected chi connectivity index (χ1v) is 12.1. The number of ether oxygens (including phenoxy) is 1. The number of hydrogen-bond donors (Lipinski definition) is 1. The molecule has 0 bridgehead atoms. The normalized spacial score (nSPS) is 11.2. The van der Waals surface area contributed by atoms with Gasteiger partial charge in [-0.1, -0.05) is 54.7 Å². The third-order valence-electron chi connectivity index (χ3n) is 5.40. The van der Waals surface area contributed by atoms with Crippen molar-refractivity contribution in [3.05, 3.63) is 98.0 Å². The molecule has 0 aliphatic carbocycles. The summed E-state index contributed by atoms with van der Waals surface area (Å²) < 4.78 is 13.4. The van der Waals surface area contributed by atoms with Crippen molar-refractivity contribution in [1.82, 2.24) is 9.78 Å². The SMILES string of the molecule is Cc1cc(OCc2ccc(C(=O)Nc3ccn(Cc4ccc(Cl)cc4Cl)n3)o2)c(C(C)C)cc1Cl. The van der Waals surface area contributed by atoms with Gasteiger partial charge in [0.2, 0.25) is 0 Å². The van der Waals surface area contributed by atoms with Crippen LogP contribution < -0.4 is 10.1 Å². The lowest BCUT2D eigenvalue weighted by Gasteiger charge is -2.15. The van der Waals surface area contributed by atoms with E-state index in [9.17, 15) is 4.79 Å². The van der Waals surface area contributed by atoms with Crippen LogP contribution in [0.25, 0.3) is 0 Å². The van der Waals surface area contributed by atoms with E-state index in [4.69, 9.17) is 44.0 Å². The van der Waals surface area contributed by atoms with Gasteiger partial charge in [-0.15, -0.1) is 0 Å². The molecule has 1 amide bonds. The van der Waals surface area contributed by atoms with Crippen molar-refractivity contribution in [1.29, 1.82) is 0 Å². The molecule has 0 saturated heterocycles. The van der Waals surface area contributed by atoms with Crippen molar-refractivity contribution in [2.75, 3.05) is 5.32 Å². The van der Waals surface area contributed by atoms with Crippen molar-refractivity contribution in [3.63, 3.8) is 0 Å². The smallest absolute Gasteiger partial charge is 0.292 e. The molecule has 1 N–H and O–H groups in total. The van der Waals surface area contributed by atoms with Gasteiger partial charge in [-0.3, -0.25) is 9.48 Å². The van der Waals surface area contributed by atoms with E-state index >= 15 is 0 Å². The second-order valence-corrected chi connectivity index (χ2v) is 9.69. The Balaban J connectivity index is 1.37. The van der Waals surface area contributed by atoms with Crippen molar-refractivity contribution < 1.29 is 13.9 Å². The molecule has 2 heterocycles. The zero-order valence-corrected chi connectivity index (χ0v) is 21.7. The molecule has 9 heteroatoms. The number of carbonyl (C=O) groups is 1. The number of nitrogens with zero attached hydrogens (tertiary/aromatic N) is 2. The quantitative estimate of drug-likeness (QED) is 0.252. The molecule has 4 rings (SSSR count). The Labute approximate surface area is 218 Å². The molecule has 0 unspecified atom stereocenters. The summed E-state index contributed by atoms with van der Waals surface area (Å²) in [6.45, 7) is 6.71. The first-order chi connectivity index (χ1) is 16.7. The Morgan fingerprint density at radius 1 is 1.09 bits per heavy atom. The minimum absolute atomic E-state index is 0.162. The van der Waals surface area contributed by atoms with Crippen LogP contribution in [0.3, 0.4) is 0 Å². The highest BCUT2D eigenvalue weighted by Gasteiger charge is 2.15. The molecule has 2 aromatic heterocycles. The van der Waals surface area contributed by atoms with Gasteiger partial charge < -0.3 is 14.5 Å². The summed E-state index contributed by atoms with van der Waals surface area (Å²) in [5.41, 5.74) is 2.81. The van der Waals surface area contributed by atoms with Crippen molar-refractivity contribution >= 4 is 46.5 Å². The number of hydrogen-bond acceptors (Lipinski definition) is 4. The highest BCUT2D eigenvalue weighted by molar-refractivity contribution is 6.35. The molecular weight excluding hydrogens is 509 g/mol. The van der Waals surface area contributed by atoms with E-state index in [1.807, 2.05) is 25.1 Å². The molecule has 0 aliphatic rings. The molecule has 0 atom stereocenters. The number of halogens is 3. The standard InChI is InChI=1S/C26H24Cl3N3O3/c1-15(2)20-12-21(28)16(3)10-24(20)34-14-19-6-7-23(35-19)26(33)30-25-8-9-32(31-25)13-17-4-5-18(27)11-22(17)29/h4-12,15H,13-14H2,1-3H3,(H,30,31,33). The highest BCUT2D eigenvalue weighted by Crippen LogP contribution is 2.32. The average Bonchev–Trinajstić information content (AvgIpc) is 3.45. The summed E-state index contributed by atoms with van der Waals surface area (Å²) >= 11 is 18.5. The van der Waals surface area contributed by atoms with Crippen molar-refractivity contribution in [3.8, 4) is 5.75 Å². The second kappa shape index (κ2) is 10.8. The summed E-state index contributed by atoms with van der Waals surface area (Å²) in [7, 11) is 0. The molecule has 0 spiro atoms. The molecule has 2 aromatic carbocycles. The molecule has 0 saturated carbocycles. The van der Waals surface area contributed by atoms with Crippen LogP contribution >= 0.6 is 34.8 Å². The van der Waals surface area contributed by atoms with Crippen LogP contribution in [0.5, 0.6) is 5.75 Å². The molecule has 0 aliphatic heterocycles. The Bertz CT molecular complexity index is 1360. The van der Waals surface area contributed by atoms with Crippen LogP contribution in [0.15, 0.2) is 59.1 Å². The van der Waals surface area contributed by atoms with Gasteiger partial charge in [0.1, 0.15) is 18.1 Å². The molecule has 0 fully saturated rings. The first kappa shape index (κ1) is 25.2. The van der Waals surface area contributed by atoms with Gasteiger partial charge in [0.25, 0.3) is 5.91 Å². The van der Waals surface area contributed by atoms with Gasteiger partial charge in [-0.2, -0.15) is 5.10 Å². The Kier molecular flexibility index (Phi) is 7.75. The number of nitrogens with one attached hydrogen (secondary N) is 1. The molecule has 4 aromatic rings. The largest absolute Gasteiger partial charge is 0.485 e. The summed E-state index contributed by atoms with van der Waals surface area (Å²) in [5, 5.41) is 8.94. The monoisotopic (exact) mass is 531 g/mol. The lowest BCUT2D eigenvalue weighted by molar-refractivity contribution is 0.0992. The topological polar surface area (TPSA) is 69.3 Å². The van der Waals surface area contributed by atoms with Gasteiger partial charge in [0.05, 0.1) is 6.54 Å². The average molecular weight is 533 g/mol. The van der Waals surface area contributed by atoms with Crippen LogP contribution in [0.1, 0.15) is 52.8 Å². The summed E-state index contributed by atoms with van der Waals surface area (Å²) in [6, 6.07) is 14.2. The number of rotatable bonds is 8. The maximum absolute atomic E-state index is 12.6. The fourth-order valence-electron chi connectivity index (χ4n) is 3.49. The van der Waals surface area contributed by atoms with Gasteiger partial charge in [0.15, 0.2) is 11.6 Å². The van der Waals surface area contributed by atoms with Gasteiger partial charge in [-0.05, 0) is 65.9 Å². The molecular formula is C26H24Cl3N3O3. The summed E-state index contributed by atoms with van der Waals surface area (Å²) in [5.74, 6) is 1.67. The van der Waals surface area contributed by atoms with E-state index < -0.39 is 5.91 Å². The van der Waals surface area contributed by atoms with E-state index in [0.29, 0.717) is 33.2 Å². The minimum Gasteiger partial charge on any atom is -0.485 e. The zero-order chi connectivity index (χ0) is 25.1. The van der Waals surface area contributed by atoms with Gasteiger partial charge >= 0.3 is 0 Å². The lowest BCUT2D eigenvalue weighted by Crippen LogP contribution is -2.12. The van der Waals surface area contributed by atoms with Crippen LogP contribution in [0.2, 0.25) is 15.1 Å². The zero-order valence-electron chi connectivity index (χ0n) is 19.4. The third-order valence-corrected chi connectivity index (χ3v) is 6.39. The van der Waals surface area contributed by atoms with Gasteiger partial charge in [0, 0.05) is 27.3 Å². The summed E-state index contributed by atoms with van der Waals surface area (Å²) in [6.07, 6.45) is 1.75. The molecule has 182 valence electrons. The molecule has 35 heavy (non-hydrogen) atoms. The van der Waals surface area contributed by atoms with Crippen LogP contribution in [0.4, 0.5) is 5.82 Å².